The molecule has 0 fully saturated rings. The number of ether oxygens (including phenoxy) is 3. The van der Waals surface area contributed by atoms with E-state index in [2.05, 4.69) is 0 Å². The summed E-state index contributed by atoms with van der Waals surface area (Å²) in [6, 6.07) is 7.21. The number of carbonyl (C=O) groups is 2. The fourth-order valence-corrected chi connectivity index (χ4v) is 2.83. The molecule has 1 amide bonds. The first-order valence-electron chi connectivity index (χ1n) is 7.19. The van der Waals surface area contributed by atoms with E-state index in [1.165, 1.54) is 16.7 Å². The van der Waals surface area contributed by atoms with Crippen LogP contribution in [0.1, 0.15) is 13.3 Å². The van der Waals surface area contributed by atoms with Gasteiger partial charge < -0.3 is 19.1 Å². The third-order valence-corrected chi connectivity index (χ3v) is 4.06. The topological polar surface area (TPSA) is 65.1 Å². The van der Waals surface area contributed by atoms with Crippen molar-refractivity contribution in [3.63, 3.8) is 0 Å². The SMILES string of the molecule is CCOC(=O)CC(=O)N1C=CSC1COc1ccc(OC)cc1. The van der Waals surface area contributed by atoms with Gasteiger partial charge in [0.05, 0.1) is 13.7 Å². The highest BCUT2D eigenvalue weighted by atomic mass is 32.2. The Bertz CT molecular complexity index is 572. The lowest BCUT2D eigenvalue weighted by molar-refractivity contribution is -0.148. The average Bonchev–Trinajstić information content (AvgIpc) is 3.02. The molecule has 0 bridgehead atoms. The van der Waals surface area contributed by atoms with Crippen molar-refractivity contribution in [1.29, 1.82) is 0 Å². The van der Waals surface area contributed by atoms with Crippen molar-refractivity contribution in [3.05, 3.63) is 35.9 Å². The molecule has 1 aromatic rings. The van der Waals surface area contributed by atoms with Gasteiger partial charge in [-0.3, -0.25) is 9.59 Å². The smallest absolute Gasteiger partial charge is 0.315 e. The number of amides is 1. The lowest BCUT2D eigenvalue weighted by Gasteiger charge is -2.22. The van der Waals surface area contributed by atoms with Crippen LogP contribution in [0.15, 0.2) is 35.9 Å². The Balaban J connectivity index is 1.86. The van der Waals surface area contributed by atoms with Gasteiger partial charge in [-0.25, -0.2) is 0 Å². The molecule has 0 saturated carbocycles. The van der Waals surface area contributed by atoms with Gasteiger partial charge in [-0.1, -0.05) is 0 Å². The van der Waals surface area contributed by atoms with Crippen LogP contribution in [0.25, 0.3) is 0 Å². The summed E-state index contributed by atoms with van der Waals surface area (Å²) in [4.78, 5) is 25.0. The van der Waals surface area contributed by atoms with Crippen molar-refractivity contribution in [1.82, 2.24) is 4.90 Å². The van der Waals surface area contributed by atoms with Gasteiger partial charge >= 0.3 is 5.97 Å². The first-order chi connectivity index (χ1) is 11.1. The summed E-state index contributed by atoms with van der Waals surface area (Å²) in [5.41, 5.74) is 0. The van der Waals surface area contributed by atoms with Crippen LogP contribution in [0.5, 0.6) is 11.5 Å². The van der Waals surface area contributed by atoms with Crippen LogP contribution in [0.3, 0.4) is 0 Å². The average molecular weight is 337 g/mol. The Hall–Kier alpha value is -2.15. The highest BCUT2D eigenvalue weighted by molar-refractivity contribution is 8.02. The largest absolute Gasteiger partial charge is 0.497 e. The molecule has 0 aromatic heterocycles. The zero-order valence-corrected chi connectivity index (χ0v) is 13.9. The van der Waals surface area contributed by atoms with Gasteiger partial charge in [0.2, 0.25) is 5.91 Å². The van der Waals surface area contributed by atoms with E-state index in [9.17, 15) is 9.59 Å². The Morgan fingerprint density at radius 2 is 1.91 bits per heavy atom. The summed E-state index contributed by atoms with van der Waals surface area (Å²) in [6.45, 7) is 2.29. The third-order valence-electron chi connectivity index (χ3n) is 3.11. The second-order valence-corrected chi connectivity index (χ2v) is 5.73. The fourth-order valence-electron chi connectivity index (χ4n) is 1.98. The van der Waals surface area contributed by atoms with Gasteiger partial charge in [-0.15, -0.1) is 11.8 Å². The maximum atomic E-state index is 12.1. The highest BCUT2D eigenvalue weighted by Crippen LogP contribution is 2.27. The normalized spacial score (nSPS) is 16.3. The molecule has 0 saturated heterocycles. The van der Waals surface area contributed by atoms with Crippen LogP contribution >= 0.6 is 11.8 Å². The van der Waals surface area contributed by atoms with E-state index in [1.54, 1.807) is 44.5 Å². The van der Waals surface area contributed by atoms with Gasteiger partial charge in [0.15, 0.2) is 0 Å². The summed E-state index contributed by atoms with van der Waals surface area (Å²) in [6.07, 6.45) is 1.39. The number of methoxy groups -OCH3 is 1. The van der Waals surface area contributed by atoms with E-state index in [4.69, 9.17) is 14.2 Å². The molecule has 0 spiro atoms. The summed E-state index contributed by atoms with van der Waals surface area (Å²) in [5, 5.41) is 1.62. The van der Waals surface area contributed by atoms with Crippen molar-refractivity contribution in [2.45, 2.75) is 18.7 Å². The van der Waals surface area contributed by atoms with Crippen molar-refractivity contribution < 1.29 is 23.8 Å². The van der Waals surface area contributed by atoms with Crippen molar-refractivity contribution in [2.75, 3.05) is 20.3 Å². The summed E-state index contributed by atoms with van der Waals surface area (Å²) < 4.78 is 15.6. The molecule has 7 heteroatoms. The Labute approximate surface area is 139 Å². The Morgan fingerprint density at radius 3 is 2.57 bits per heavy atom. The van der Waals surface area contributed by atoms with Crippen LogP contribution in [0.4, 0.5) is 0 Å². The van der Waals surface area contributed by atoms with Crippen molar-refractivity contribution >= 4 is 23.6 Å². The van der Waals surface area contributed by atoms with Gasteiger partial charge in [0.25, 0.3) is 0 Å². The van der Waals surface area contributed by atoms with Gasteiger partial charge in [-0.2, -0.15) is 0 Å². The predicted octanol–water partition coefficient (Wildman–Crippen LogP) is 2.40. The minimum atomic E-state index is -0.516. The van der Waals surface area contributed by atoms with Crippen LogP contribution in [0.2, 0.25) is 0 Å². The lowest BCUT2D eigenvalue weighted by atomic mass is 10.3. The molecule has 1 heterocycles. The number of benzene rings is 1. The summed E-state index contributed by atoms with van der Waals surface area (Å²) in [5.74, 6) is 0.627. The second-order valence-electron chi connectivity index (χ2n) is 4.65. The van der Waals surface area contributed by atoms with E-state index in [0.29, 0.717) is 12.4 Å². The standard InChI is InChI=1S/C16H19NO5S/c1-3-21-16(19)10-14(18)17-8-9-23-15(17)11-22-13-6-4-12(20-2)5-7-13/h4-9,15H,3,10-11H2,1-2H3. The number of hydrogen-bond donors (Lipinski definition) is 0. The molecular weight excluding hydrogens is 318 g/mol. The summed E-state index contributed by atoms with van der Waals surface area (Å²) >= 11 is 1.47. The molecular formula is C16H19NO5S. The number of hydrogen-bond acceptors (Lipinski definition) is 6. The Morgan fingerprint density at radius 1 is 1.22 bits per heavy atom. The van der Waals surface area contributed by atoms with Crippen LogP contribution in [-0.4, -0.2) is 42.5 Å². The Kier molecular flexibility index (Phi) is 6.34. The highest BCUT2D eigenvalue weighted by Gasteiger charge is 2.28. The zero-order valence-electron chi connectivity index (χ0n) is 13.1. The van der Waals surface area contributed by atoms with E-state index in [-0.39, 0.29) is 24.3 Å². The van der Waals surface area contributed by atoms with Gasteiger partial charge in [0, 0.05) is 6.20 Å². The van der Waals surface area contributed by atoms with E-state index < -0.39 is 5.97 Å². The van der Waals surface area contributed by atoms with Crippen LogP contribution in [-0.2, 0) is 14.3 Å². The molecule has 124 valence electrons. The number of nitrogens with zero attached hydrogens (tertiary/aromatic N) is 1. The minimum Gasteiger partial charge on any atom is -0.497 e. The van der Waals surface area contributed by atoms with Crippen LogP contribution in [0, 0.1) is 0 Å². The number of carbonyl (C=O) groups excluding carboxylic acids is 2. The van der Waals surface area contributed by atoms with Gasteiger partial charge in [-0.05, 0) is 36.6 Å². The predicted molar refractivity (Wildman–Crippen MR) is 87.1 cm³/mol. The molecule has 1 unspecified atom stereocenters. The van der Waals surface area contributed by atoms with Gasteiger partial charge in [0.1, 0.15) is 29.9 Å². The second kappa shape index (κ2) is 8.47. The molecule has 0 radical (unpaired) electrons. The third kappa shape index (κ3) is 4.92. The van der Waals surface area contributed by atoms with E-state index in [1.807, 2.05) is 5.41 Å². The number of thioether (sulfide) groups is 1. The first-order valence-corrected chi connectivity index (χ1v) is 8.14. The molecule has 1 aliphatic heterocycles. The van der Waals surface area contributed by atoms with Crippen molar-refractivity contribution in [2.24, 2.45) is 0 Å². The van der Waals surface area contributed by atoms with Crippen LogP contribution < -0.4 is 9.47 Å². The number of esters is 1. The fraction of sp³-hybridized carbons (Fsp3) is 0.375. The minimum absolute atomic E-state index is 0.195. The zero-order chi connectivity index (χ0) is 16.7. The molecule has 0 N–H and O–H groups in total. The molecule has 2 rings (SSSR count). The maximum Gasteiger partial charge on any atom is 0.315 e. The van der Waals surface area contributed by atoms with E-state index in [0.717, 1.165) is 5.75 Å². The molecule has 6 nitrogen and oxygen atoms in total. The molecule has 0 aliphatic carbocycles. The quantitative estimate of drug-likeness (QED) is 0.562. The maximum absolute atomic E-state index is 12.1. The van der Waals surface area contributed by atoms with Crippen molar-refractivity contribution in [3.8, 4) is 11.5 Å². The molecule has 23 heavy (non-hydrogen) atoms. The monoisotopic (exact) mass is 337 g/mol. The van der Waals surface area contributed by atoms with E-state index >= 15 is 0 Å². The first kappa shape index (κ1) is 17.2. The summed E-state index contributed by atoms with van der Waals surface area (Å²) in [7, 11) is 1.60. The molecule has 1 atom stereocenters. The lowest BCUT2D eigenvalue weighted by Crippen LogP contribution is -2.36. The molecule has 1 aliphatic rings. The number of rotatable bonds is 7. The molecule has 1 aromatic carbocycles.